The Balaban J connectivity index is 2.97. The van der Waals surface area contributed by atoms with E-state index in [1.54, 1.807) is 19.1 Å². The van der Waals surface area contributed by atoms with Crippen LogP contribution in [0.2, 0.25) is 0 Å². The molecule has 0 aliphatic rings. The molecule has 1 rings (SSSR count). The third-order valence-electron chi connectivity index (χ3n) is 1.79. The van der Waals surface area contributed by atoms with Gasteiger partial charge in [0.1, 0.15) is 0 Å². The first-order valence-electron chi connectivity index (χ1n) is 4.27. The van der Waals surface area contributed by atoms with Crippen molar-refractivity contribution in [2.24, 2.45) is 0 Å². The van der Waals surface area contributed by atoms with Crippen molar-refractivity contribution in [1.82, 2.24) is 5.32 Å². The zero-order chi connectivity index (χ0) is 11.4. The van der Waals surface area contributed by atoms with Crippen molar-refractivity contribution in [1.29, 1.82) is 0 Å². The normalized spacial score (nSPS) is 11.6. The summed E-state index contributed by atoms with van der Waals surface area (Å²) in [4.78, 5) is 11.8. The smallest absolute Gasteiger partial charge is 0.254 e. The molecule has 0 radical (unpaired) electrons. The first kappa shape index (κ1) is 12.3. The molecule has 1 unspecified atom stereocenters. The summed E-state index contributed by atoms with van der Waals surface area (Å²) in [5.74, 6) is 2.25. The Morgan fingerprint density at radius 3 is 2.47 bits per heavy atom. The van der Waals surface area contributed by atoms with E-state index in [0.717, 1.165) is 8.95 Å². The molecule has 1 amide bonds. The minimum Gasteiger partial charge on any atom is -0.339 e. The van der Waals surface area contributed by atoms with Gasteiger partial charge in [-0.3, -0.25) is 4.79 Å². The van der Waals surface area contributed by atoms with Crippen molar-refractivity contribution in [2.75, 3.05) is 0 Å². The SMILES string of the molecule is C#CC(C)NC(=O)c1c(Br)cccc1Br. The molecule has 1 N–H and O–H groups in total. The molecule has 0 spiro atoms. The Hall–Kier alpha value is -0.790. The molecule has 4 heteroatoms. The van der Waals surface area contributed by atoms with Crippen LogP contribution in [-0.2, 0) is 0 Å². The highest BCUT2D eigenvalue weighted by molar-refractivity contribution is 9.11. The minimum absolute atomic E-state index is 0.195. The Labute approximate surface area is 106 Å². The van der Waals surface area contributed by atoms with E-state index >= 15 is 0 Å². The number of halogens is 2. The number of amides is 1. The van der Waals surface area contributed by atoms with Crippen molar-refractivity contribution < 1.29 is 4.79 Å². The third kappa shape index (κ3) is 3.08. The third-order valence-corrected chi connectivity index (χ3v) is 3.11. The summed E-state index contributed by atoms with van der Waals surface area (Å²) in [6, 6.07) is 5.17. The number of nitrogens with one attached hydrogen (secondary N) is 1. The average molecular weight is 331 g/mol. The lowest BCUT2D eigenvalue weighted by Gasteiger charge is -2.10. The molecular formula is C11H9Br2NO. The fourth-order valence-corrected chi connectivity index (χ4v) is 2.38. The lowest BCUT2D eigenvalue weighted by atomic mass is 10.2. The number of carbonyl (C=O) groups excluding carboxylic acids is 1. The van der Waals surface area contributed by atoms with Gasteiger partial charge >= 0.3 is 0 Å². The van der Waals surface area contributed by atoms with E-state index in [1.807, 2.05) is 6.07 Å². The van der Waals surface area contributed by atoms with Crippen molar-refractivity contribution in [2.45, 2.75) is 13.0 Å². The molecule has 1 aromatic carbocycles. The van der Waals surface area contributed by atoms with E-state index in [4.69, 9.17) is 6.42 Å². The van der Waals surface area contributed by atoms with E-state index in [0.29, 0.717) is 5.56 Å². The molecule has 0 aliphatic heterocycles. The van der Waals surface area contributed by atoms with Gasteiger partial charge in [-0.05, 0) is 50.9 Å². The molecule has 0 aliphatic carbocycles. The van der Waals surface area contributed by atoms with Crippen molar-refractivity contribution in [3.8, 4) is 12.3 Å². The van der Waals surface area contributed by atoms with Gasteiger partial charge in [0.15, 0.2) is 0 Å². The number of terminal acetylenes is 1. The van der Waals surface area contributed by atoms with E-state index in [2.05, 4.69) is 43.1 Å². The monoisotopic (exact) mass is 329 g/mol. The van der Waals surface area contributed by atoms with Gasteiger partial charge in [0.25, 0.3) is 5.91 Å². The van der Waals surface area contributed by atoms with Crippen LogP contribution in [0.5, 0.6) is 0 Å². The van der Waals surface area contributed by atoms with Gasteiger partial charge in [-0.1, -0.05) is 12.0 Å². The zero-order valence-electron chi connectivity index (χ0n) is 8.05. The molecule has 15 heavy (non-hydrogen) atoms. The molecule has 0 saturated heterocycles. The molecule has 0 heterocycles. The summed E-state index contributed by atoms with van der Waals surface area (Å²) >= 11 is 6.63. The van der Waals surface area contributed by atoms with Gasteiger partial charge in [-0.25, -0.2) is 0 Å². The molecule has 1 aromatic rings. The molecule has 0 fully saturated rings. The van der Waals surface area contributed by atoms with E-state index < -0.39 is 0 Å². The highest BCUT2D eigenvalue weighted by Gasteiger charge is 2.14. The van der Waals surface area contributed by atoms with Crippen LogP contribution in [0.25, 0.3) is 0 Å². The highest BCUT2D eigenvalue weighted by atomic mass is 79.9. The first-order chi connectivity index (χ1) is 7.06. The van der Waals surface area contributed by atoms with E-state index in [-0.39, 0.29) is 11.9 Å². The molecule has 0 saturated carbocycles. The fourth-order valence-electron chi connectivity index (χ4n) is 1.03. The summed E-state index contributed by atoms with van der Waals surface area (Å²) < 4.78 is 1.47. The summed E-state index contributed by atoms with van der Waals surface area (Å²) in [6.07, 6.45) is 5.19. The topological polar surface area (TPSA) is 29.1 Å². The summed E-state index contributed by atoms with van der Waals surface area (Å²) in [5.41, 5.74) is 0.555. The first-order valence-corrected chi connectivity index (χ1v) is 5.86. The Kier molecular flexibility index (Phi) is 4.37. The van der Waals surface area contributed by atoms with Crippen molar-refractivity contribution in [3.05, 3.63) is 32.7 Å². The Bertz CT molecular complexity index is 403. The summed E-state index contributed by atoms with van der Waals surface area (Å²) in [7, 11) is 0. The predicted molar refractivity (Wildman–Crippen MR) is 67.6 cm³/mol. The quantitative estimate of drug-likeness (QED) is 0.830. The van der Waals surface area contributed by atoms with Crippen molar-refractivity contribution >= 4 is 37.8 Å². The van der Waals surface area contributed by atoms with Gasteiger partial charge in [0, 0.05) is 8.95 Å². The second-order valence-electron chi connectivity index (χ2n) is 2.96. The summed E-state index contributed by atoms with van der Waals surface area (Å²) in [5, 5.41) is 2.69. The van der Waals surface area contributed by atoms with Crippen LogP contribution in [0.1, 0.15) is 17.3 Å². The maximum atomic E-state index is 11.8. The number of benzene rings is 1. The summed E-state index contributed by atoms with van der Waals surface area (Å²) in [6.45, 7) is 1.75. The van der Waals surface area contributed by atoms with Crippen molar-refractivity contribution in [3.63, 3.8) is 0 Å². The second kappa shape index (κ2) is 5.34. The highest BCUT2D eigenvalue weighted by Crippen LogP contribution is 2.24. The van der Waals surface area contributed by atoms with Gasteiger partial charge in [0.2, 0.25) is 0 Å². The number of rotatable bonds is 2. The molecule has 0 bridgehead atoms. The number of hydrogen-bond acceptors (Lipinski definition) is 1. The standard InChI is InChI=1S/C11H9Br2NO/c1-3-7(2)14-11(15)10-8(12)5-4-6-9(10)13/h1,4-7H,2H3,(H,14,15). The van der Waals surface area contributed by atoms with Crippen LogP contribution in [0.4, 0.5) is 0 Å². The Morgan fingerprint density at radius 2 is 2.00 bits per heavy atom. The maximum Gasteiger partial charge on any atom is 0.254 e. The average Bonchev–Trinajstić information content (AvgIpc) is 2.17. The molecule has 2 nitrogen and oxygen atoms in total. The molecule has 78 valence electrons. The van der Waals surface area contributed by atoms with Crippen LogP contribution >= 0.6 is 31.9 Å². The van der Waals surface area contributed by atoms with Gasteiger partial charge < -0.3 is 5.32 Å². The molecule has 1 atom stereocenters. The number of hydrogen-bond donors (Lipinski definition) is 1. The van der Waals surface area contributed by atoms with Gasteiger partial charge in [-0.2, -0.15) is 0 Å². The van der Waals surface area contributed by atoms with E-state index in [1.165, 1.54) is 0 Å². The fraction of sp³-hybridized carbons (Fsp3) is 0.182. The van der Waals surface area contributed by atoms with Crippen LogP contribution in [-0.4, -0.2) is 11.9 Å². The largest absolute Gasteiger partial charge is 0.339 e. The predicted octanol–water partition coefficient (Wildman–Crippen LogP) is 2.96. The van der Waals surface area contributed by atoms with Crippen LogP contribution in [0, 0.1) is 12.3 Å². The zero-order valence-corrected chi connectivity index (χ0v) is 11.2. The van der Waals surface area contributed by atoms with Crippen LogP contribution < -0.4 is 5.32 Å². The van der Waals surface area contributed by atoms with Crippen LogP contribution in [0.15, 0.2) is 27.1 Å². The lowest BCUT2D eigenvalue weighted by molar-refractivity contribution is 0.0946. The number of carbonyl (C=O) groups is 1. The molecule has 0 aromatic heterocycles. The Morgan fingerprint density at radius 1 is 1.47 bits per heavy atom. The lowest BCUT2D eigenvalue weighted by Crippen LogP contribution is -2.31. The minimum atomic E-state index is -0.281. The molecular weight excluding hydrogens is 322 g/mol. The van der Waals surface area contributed by atoms with Crippen LogP contribution in [0.3, 0.4) is 0 Å². The van der Waals surface area contributed by atoms with Gasteiger partial charge in [-0.15, -0.1) is 6.42 Å². The maximum absolute atomic E-state index is 11.8. The second-order valence-corrected chi connectivity index (χ2v) is 4.67. The van der Waals surface area contributed by atoms with E-state index in [9.17, 15) is 4.79 Å². The van der Waals surface area contributed by atoms with Gasteiger partial charge in [0.05, 0.1) is 11.6 Å².